The van der Waals surface area contributed by atoms with E-state index in [4.69, 9.17) is 11.6 Å². The van der Waals surface area contributed by atoms with Crippen LogP contribution in [0.4, 0.5) is 0 Å². The van der Waals surface area contributed by atoms with Crippen LogP contribution in [0.3, 0.4) is 0 Å². The highest BCUT2D eigenvalue weighted by atomic mass is 35.5. The number of nitrogens with zero attached hydrogens (tertiary/aromatic N) is 1. The summed E-state index contributed by atoms with van der Waals surface area (Å²) in [5.74, 6) is 0.0831. The van der Waals surface area contributed by atoms with E-state index in [9.17, 15) is 9.59 Å². The van der Waals surface area contributed by atoms with Crippen LogP contribution < -0.4 is 5.32 Å². The Morgan fingerprint density at radius 3 is 2.76 bits per heavy atom. The molecule has 0 bridgehead atoms. The standard InChI is InChI=1S/C16H19ClN2O2/c17-13-7-3-6-12(10-13)14-15(20)18-8-9-19(14)16(21)11-4-1-2-5-11/h3,6-7,10-11,14H,1-2,4-5,8-9H2,(H,18,20). The van der Waals surface area contributed by atoms with Gasteiger partial charge in [0, 0.05) is 24.0 Å². The van der Waals surface area contributed by atoms with Crippen molar-refractivity contribution in [3.8, 4) is 0 Å². The van der Waals surface area contributed by atoms with Gasteiger partial charge in [-0.2, -0.15) is 0 Å². The van der Waals surface area contributed by atoms with Crippen LogP contribution in [0.5, 0.6) is 0 Å². The number of halogens is 1. The van der Waals surface area contributed by atoms with Gasteiger partial charge in [0.15, 0.2) is 0 Å². The zero-order valence-electron chi connectivity index (χ0n) is 11.8. The summed E-state index contributed by atoms with van der Waals surface area (Å²) < 4.78 is 0. The molecule has 1 aromatic carbocycles. The Balaban J connectivity index is 1.89. The van der Waals surface area contributed by atoms with Crippen molar-refractivity contribution in [3.05, 3.63) is 34.9 Å². The van der Waals surface area contributed by atoms with Crippen LogP contribution >= 0.6 is 11.6 Å². The second kappa shape index (κ2) is 6.06. The fourth-order valence-electron chi connectivity index (χ4n) is 3.32. The van der Waals surface area contributed by atoms with E-state index in [1.807, 2.05) is 12.1 Å². The number of benzene rings is 1. The summed E-state index contributed by atoms with van der Waals surface area (Å²) >= 11 is 6.03. The molecule has 0 spiro atoms. The minimum atomic E-state index is -0.550. The topological polar surface area (TPSA) is 49.4 Å². The summed E-state index contributed by atoms with van der Waals surface area (Å²) in [5, 5.41) is 3.43. The third-order valence-corrected chi connectivity index (χ3v) is 4.60. The zero-order valence-corrected chi connectivity index (χ0v) is 12.6. The fourth-order valence-corrected chi connectivity index (χ4v) is 3.52. The SMILES string of the molecule is O=C1NCCN(C(=O)C2CCCC2)C1c1cccc(Cl)c1. The van der Waals surface area contributed by atoms with Gasteiger partial charge in [0.1, 0.15) is 6.04 Å². The number of carbonyl (C=O) groups is 2. The summed E-state index contributed by atoms with van der Waals surface area (Å²) in [6.45, 7) is 1.09. The normalized spacial score (nSPS) is 23.2. The van der Waals surface area contributed by atoms with Gasteiger partial charge in [-0.15, -0.1) is 0 Å². The Bertz CT molecular complexity index is 555. The quantitative estimate of drug-likeness (QED) is 0.913. The van der Waals surface area contributed by atoms with E-state index < -0.39 is 6.04 Å². The highest BCUT2D eigenvalue weighted by Crippen LogP contribution is 2.32. The largest absolute Gasteiger partial charge is 0.352 e. The van der Waals surface area contributed by atoms with Gasteiger partial charge in [0.2, 0.25) is 11.8 Å². The molecule has 1 atom stereocenters. The molecule has 3 rings (SSSR count). The van der Waals surface area contributed by atoms with Crippen molar-refractivity contribution in [2.24, 2.45) is 5.92 Å². The average Bonchev–Trinajstić information content (AvgIpc) is 3.00. The van der Waals surface area contributed by atoms with Crippen molar-refractivity contribution >= 4 is 23.4 Å². The lowest BCUT2D eigenvalue weighted by molar-refractivity contribution is -0.146. The van der Waals surface area contributed by atoms with Crippen molar-refractivity contribution in [3.63, 3.8) is 0 Å². The van der Waals surface area contributed by atoms with Crippen molar-refractivity contribution in [2.75, 3.05) is 13.1 Å². The van der Waals surface area contributed by atoms with E-state index in [0.29, 0.717) is 18.1 Å². The molecule has 2 amide bonds. The molecule has 1 aromatic rings. The summed E-state index contributed by atoms with van der Waals surface area (Å²) in [5.41, 5.74) is 0.783. The van der Waals surface area contributed by atoms with Gasteiger partial charge in [-0.25, -0.2) is 0 Å². The van der Waals surface area contributed by atoms with Gasteiger partial charge in [0.05, 0.1) is 0 Å². The molecule has 1 saturated heterocycles. The summed E-state index contributed by atoms with van der Waals surface area (Å²) in [6.07, 6.45) is 4.11. The first-order valence-corrected chi connectivity index (χ1v) is 7.88. The smallest absolute Gasteiger partial charge is 0.247 e. The second-order valence-corrected chi connectivity index (χ2v) is 6.20. The highest BCUT2D eigenvalue weighted by Gasteiger charge is 2.37. The van der Waals surface area contributed by atoms with E-state index in [-0.39, 0.29) is 17.7 Å². The van der Waals surface area contributed by atoms with Gasteiger partial charge in [-0.05, 0) is 30.5 Å². The predicted molar refractivity (Wildman–Crippen MR) is 80.9 cm³/mol. The summed E-state index contributed by atoms with van der Waals surface area (Å²) in [6, 6.07) is 6.67. The van der Waals surface area contributed by atoms with Crippen molar-refractivity contribution in [2.45, 2.75) is 31.7 Å². The van der Waals surface area contributed by atoms with E-state index in [2.05, 4.69) is 5.32 Å². The number of piperazine rings is 1. The Morgan fingerprint density at radius 1 is 1.29 bits per heavy atom. The van der Waals surface area contributed by atoms with Gasteiger partial charge in [0.25, 0.3) is 0 Å². The molecule has 1 heterocycles. The second-order valence-electron chi connectivity index (χ2n) is 5.76. The molecule has 0 aromatic heterocycles. The molecule has 112 valence electrons. The maximum absolute atomic E-state index is 12.7. The molecule has 4 nitrogen and oxygen atoms in total. The first-order chi connectivity index (χ1) is 10.2. The summed E-state index contributed by atoms with van der Waals surface area (Å²) in [4.78, 5) is 26.8. The van der Waals surface area contributed by atoms with E-state index in [0.717, 1.165) is 31.2 Å². The van der Waals surface area contributed by atoms with E-state index in [1.54, 1.807) is 17.0 Å². The monoisotopic (exact) mass is 306 g/mol. The number of amides is 2. The molecular formula is C16H19ClN2O2. The van der Waals surface area contributed by atoms with Gasteiger partial charge in [-0.1, -0.05) is 36.6 Å². The molecule has 5 heteroatoms. The van der Waals surface area contributed by atoms with Crippen LogP contribution in [-0.4, -0.2) is 29.8 Å². The number of rotatable bonds is 2. The molecule has 0 radical (unpaired) electrons. The maximum atomic E-state index is 12.7. The molecule has 1 aliphatic carbocycles. The Kier molecular flexibility index (Phi) is 4.15. The Morgan fingerprint density at radius 2 is 2.05 bits per heavy atom. The molecule has 1 unspecified atom stereocenters. The molecule has 2 aliphatic rings. The molecule has 2 fully saturated rings. The van der Waals surface area contributed by atoms with E-state index in [1.165, 1.54) is 0 Å². The van der Waals surface area contributed by atoms with Crippen LogP contribution in [0.2, 0.25) is 5.02 Å². The van der Waals surface area contributed by atoms with E-state index >= 15 is 0 Å². The number of hydrogen-bond donors (Lipinski definition) is 1. The maximum Gasteiger partial charge on any atom is 0.247 e. The van der Waals surface area contributed by atoms with Crippen molar-refractivity contribution in [1.29, 1.82) is 0 Å². The predicted octanol–water partition coefficient (Wildman–Crippen LogP) is 2.53. The minimum absolute atomic E-state index is 0.0811. The van der Waals surface area contributed by atoms with Gasteiger partial charge < -0.3 is 10.2 Å². The van der Waals surface area contributed by atoms with Crippen LogP contribution in [0.1, 0.15) is 37.3 Å². The molecule has 1 N–H and O–H groups in total. The summed E-state index contributed by atoms with van der Waals surface area (Å²) in [7, 11) is 0. The van der Waals surface area contributed by atoms with Gasteiger partial charge >= 0.3 is 0 Å². The fraction of sp³-hybridized carbons (Fsp3) is 0.500. The van der Waals surface area contributed by atoms with Crippen LogP contribution in [-0.2, 0) is 9.59 Å². The first kappa shape index (κ1) is 14.4. The third-order valence-electron chi connectivity index (χ3n) is 4.36. The third kappa shape index (κ3) is 2.91. The highest BCUT2D eigenvalue weighted by molar-refractivity contribution is 6.30. The van der Waals surface area contributed by atoms with Crippen LogP contribution in [0.15, 0.2) is 24.3 Å². The van der Waals surface area contributed by atoms with Crippen molar-refractivity contribution < 1.29 is 9.59 Å². The number of carbonyl (C=O) groups excluding carboxylic acids is 2. The van der Waals surface area contributed by atoms with Crippen molar-refractivity contribution in [1.82, 2.24) is 10.2 Å². The lowest BCUT2D eigenvalue weighted by Crippen LogP contribution is -2.53. The lowest BCUT2D eigenvalue weighted by Gasteiger charge is -2.36. The number of hydrogen-bond acceptors (Lipinski definition) is 2. The lowest BCUT2D eigenvalue weighted by atomic mass is 9.99. The molecule has 21 heavy (non-hydrogen) atoms. The average molecular weight is 307 g/mol. The minimum Gasteiger partial charge on any atom is -0.352 e. The first-order valence-electron chi connectivity index (χ1n) is 7.50. The van der Waals surface area contributed by atoms with Crippen LogP contribution in [0, 0.1) is 5.92 Å². The molecular weight excluding hydrogens is 288 g/mol. The van der Waals surface area contributed by atoms with Gasteiger partial charge in [-0.3, -0.25) is 9.59 Å². The Hall–Kier alpha value is -1.55. The zero-order chi connectivity index (χ0) is 14.8. The molecule has 1 aliphatic heterocycles. The van der Waals surface area contributed by atoms with Crippen LogP contribution in [0.25, 0.3) is 0 Å². The molecule has 1 saturated carbocycles. The Labute approximate surface area is 129 Å². The number of nitrogens with one attached hydrogen (secondary N) is 1.